The molecule has 0 saturated carbocycles. The van der Waals surface area contributed by atoms with Crippen molar-refractivity contribution in [2.45, 2.75) is 24.1 Å². The Kier molecular flexibility index (Phi) is 4.35. The van der Waals surface area contributed by atoms with E-state index in [0.29, 0.717) is 23.5 Å². The van der Waals surface area contributed by atoms with Gasteiger partial charge < -0.3 is 0 Å². The first-order chi connectivity index (χ1) is 12.2. The molecule has 7 heteroatoms. The maximum Gasteiger partial charge on any atom is 0.262 e. The van der Waals surface area contributed by atoms with Crippen molar-refractivity contribution in [3.8, 4) is 0 Å². The van der Waals surface area contributed by atoms with Crippen LogP contribution in [0, 0.1) is 0 Å². The average molecular weight is 415 g/mol. The number of para-hydroxylation sites is 1. The minimum absolute atomic E-state index is 0.0230. The lowest BCUT2D eigenvalue weighted by Crippen LogP contribution is -2.22. The molecule has 4 aromatic rings. The highest BCUT2D eigenvalue weighted by molar-refractivity contribution is 9.10. The minimum Gasteiger partial charge on any atom is -0.277 e. The number of nitrogens with zero attached hydrogens (tertiary/aromatic N) is 4. The van der Waals surface area contributed by atoms with Crippen molar-refractivity contribution in [1.29, 1.82) is 0 Å². The Morgan fingerprint density at radius 3 is 2.60 bits per heavy atom. The van der Waals surface area contributed by atoms with Gasteiger partial charge in [0.1, 0.15) is 5.82 Å². The Bertz CT molecular complexity index is 1120. The van der Waals surface area contributed by atoms with Crippen LogP contribution in [0.5, 0.6) is 0 Å². The highest BCUT2D eigenvalue weighted by Gasteiger charge is 2.15. The van der Waals surface area contributed by atoms with Crippen molar-refractivity contribution >= 4 is 44.4 Å². The molecule has 0 saturated heterocycles. The van der Waals surface area contributed by atoms with E-state index in [1.807, 2.05) is 47.7 Å². The van der Waals surface area contributed by atoms with Gasteiger partial charge in [0.2, 0.25) is 5.78 Å². The average Bonchev–Trinajstić information content (AvgIpc) is 3.06. The number of benzene rings is 2. The lowest BCUT2D eigenvalue weighted by Gasteiger charge is -2.09. The maximum atomic E-state index is 12.7. The van der Waals surface area contributed by atoms with Crippen LogP contribution >= 0.6 is 27.7 Å². The normalized spacial score (nSPS) is 11.4. The monoisotopic (exact) mass is 414 g/mol. The number of halogens is 1. The Morgan fingerprint density at radius 2 is 1.84 bits per heavy atom. The van der Waals surface area contributed by atoms with Gasteiger partial charge in [0.25, 0.3) is 5.56 Å². The lowest BCUT2D eigenvalue weighted by atomic mass is 10.2. The van der Waals surface area contributed by atoms with Crippen LogP contribution in [0.4, 0.5) is 0 Å². The summed E-state index contributed by atoms with van der Waals surface area (Å²) in [5.74, 6) is 2.10. The van der Waals surface area contributed by atoms with Crippen molar-refractivity contribution in [2.24, 2.45) is 0 Å². The number of fused-ring (bicyclic) bond motifs is 3. The zero-order valence-electron chi connectivity index (χ0n) is 13.5. The molecule has 0 aliphatic heterocycles. The van der Waals surface area contributed by atoms with E-state index in [0.717, 1.165) is 20.7 Å². The lowest BCUT2D eigenvalue weighted by molar-refractivity contribution is 0.735. The molecule has 0 unspecified atom stereocenters. The number of rotatable bonds is 4. The van der Waals surface area contributed by atoms with Gasteiger partial charge in [0.15, 0.2) is 0 Å². The minimum atomic E-state index is -0.0230. The van der Waals surface area contributed by atoms with Gasteiger partial charge in [-0.2, -0.15) is 0 Å². The van der Waals surface area contributed by atoms with Gasteiger partial charge >= 0.3 is 0 Å². The topological polar surface area (TPSA) is 52.2 Å². The molecule has 5 nitrogen and oxygen atoms in total. The van der Waals surface area contributed by atoms with Crippen LogP contribution < -0.4 is 5.56 Å². The first kappa shape index (κ1) is 16.4. The Morgan fingerprint density at radius 1 is 1.08 bits per heavy atom. The van der Waals surface area contributed by atoms with Crippen molar-refractivity contribution in [1.82, 2.24) is 19.2 Å². The summed E-state index contributed by atoms with van der Waals surface area (Å²) in [6, 6.07) is 15.8. The number of hydrogen-bond acceptors (Lipinski definition) is 4. The summed E-state index contributed by atoms with van der Waals surface area (Å²) in [5, 5.41) is 9.32. The van der Waals surface area contributed by atoms with Gasteiger partial charge in [-0.15, -0.1) is 22.0 Å². The molecule has 0 radical (unpaired) electrons. The molecule has 2 aromatic carbocycles. The smallest absolute Gasteiger partial charge is 0.262 e. The summed E-state index contributed by atoms with van der Waals surface area (Å²) in [6.45, 7) is 2.51. The largest absolute Gasteiger partial charge is 0.277 e. The third kappa shape index (κ3) is 2.87. The van der Waals surface area contributed by atoms with Crippen LogP contribution in [0.15, 0.2) is 62.7 Å². The molecule has 2 aromatic heterocycles. The van der Waals surface area contributed by atoms with E-state index in [2.05, 4.69) is 38.3 Å². The van der Waals surface area contributed by atoms with Gasteiger partial charge in [-0.25, -0.2) is 0 Å². The third-order valence-corrected chi connectivity index (χ3v) is 5.61. The summed E-state index contributed by atoms with van der Waals surface area (Å²) in [6.07, 6.45) is 0. The number of hydrogen-bond donors (Lipinski definition) is 0. The summed E-state index contributed by atoms with van der Waals surface area (Å²) in [5.41, 5.74) is 0.828. The zero-order chi connectivity index (χ0) is 17.4. The summed E-state index contributed by atoms with van der Waals surface area (Å²) < 4.78 is 4.72. The van der Waals surface area contributed by atoms with Crippen LogP contribution in [-0.4, -0.2) is 19.2 Å². The highest BCUT2D eigenvalue weighted by Crippen LogP contribution is 2.25. The van der Waals surface area contributed by atoms with Crippen molar-refractivity contribution in [3.05, 3.63) is 69.2 Å². The fraction of sp³-hybridized carbons (Fsp3) is 0.167. The molecule has 0 aliphatic carbocycles. The van der Waals surface area contributed by atoms with E-state index < -0.39 is 0 Å². The van der Waals surface area contributed by atoms with E-state index in [9.17, 15) is 4.79 Å². The molecule has 0 atom stereocenters. The van der Waals surface area contributed by atoms with E-state index in [1.54, 1.807) is 16.3 Å². The van der Waals surface area contributed by atoms with E-state index in [-0.39, 0.29) is 5.56 Å². The Hall–Kier alpha value is -2.12. The number of aryl methyl sites for hydroxylation is 1. The van der Waals surface area contributed by atoms with Crippen molar-refractivity contribution < 1.29 is 0 Å². The van der Waals surface area contributed by atoms with Gasteiger partial charge in [-0.3, -0.25) is 13.8 Å². The molecule has 0 amide bonds. The van der Waals surface area contributed by atoms with Crippen LogP contribution in [0.3, 0.4) is 0 Å². The quantitative estimate of drug-likeness (QED) is 0.471. The standard InChI is InChI=1S/C18H15BrN4OS/c1-2-22-17(24)14-5-3-4-6-15(14)23-16(20-21-18(22)23)11-25-13-9-7-12(19)8-10-13/h3-10H,2,11H2,1H3. The molecule has 0 fully saturated rings. The first-order valence-corrected chi connectivity index (χ1v) is 9.71. The molecule has 0 N–H and O–H groups in total. The highest BCUT2D eigenvalue weighted by atomic mass is 79.9. The van der Waals surface area contributed by atoms with Crippen LogP contribution in [0.2, 0.25) is 0 Å². The zero-order valence-corrected chi connectivity index (χ0v) is 15.9. The maximum absolute atomic E-state index is 12.7. The second kappa shape index (κ2) is 6.65. The molecular formula is C18H15BrN4OS. The molecule has 0 bridgehead atoms. The van der Waals surface area contributed by atoms with Crippen LogP contribution in [-0.2, 0) is 12.3 Å². The molecule has 25 heavy (non-hydrogen) atoms. The third-order valence-electron chi connectivity index (χ3n) is 4.07. The first-order valence-electron chi connectivity index (χ1n) is 7.93. The second-order valence-corrected chi connectivity index (χ2v) is 7.53. The van der Waals surface area contributed by atoms with Crippen LogP contribution in [0.25, 0.3) is 16.7 Å². The van der Waals surface area contributed by atoms with Gasteiger partial charge in [0, 0.05) is 15.9 Å². The van der Waals surface area contributed by atoms with E-state index in [1.165, 1.54) is 0 Å². The SMILES string of the molecule is CCn1c(=O)c2ccccc2n2c(CSc3ccc(Br)cc3)nnc12. The molecule has 2 heterocycles. The molecule has 126 valence electrons. The predicted octanol–water partition coefficient (Wildman–Crippen LogP) is 4.12. The van der Waals surface area contributed by atoms with Crippen molar-refractivity contribution in [2.75, 3.05) is 0 Å². The summed E-state index contributed by atoms with van der Waals surface area (Å²) >= 11 is 5.15. The van der Waals surface area contributed by atoms with E-state index in [4.69, 9.17) is 0 Å². The number of thioether (sulfide) groups is 1. The molecular weight excluding hydrogens is 400 g/mol. The predicted molar refractivity (Wildman–Crippen MR) is 104 cm³/mol. The Balaban J connectivity index is 1.84. The number of aromatic nitrogens is 4. The molecule has 0 aliphatic rings. The van der Waals surface area contributed by atoms with Gasteiger partial charge in [-0.05, 0) is 43.3 Å². The fourth-order valence-electron chi connectivity index (χ4n) is 2.87. The van der Waals surface area contributed by atoms with Crippen LogP contribution in [0.1, 0.15) is 12.7 Å². The van der Waals surface area contributed by atoms with Gasteiger partial charge in [0.05, 0.1) is 16.7 Å². The van der Waals surface area contributed by atoms with Gasteiger partial charge in [-0.1, -0.05) is 28.1 Å². The Labute approximate surface area is 156 Å². The van der Waals surface area contributed by atoms with E-state index >= 15 is 0 Å². The molecule has 4 rings (SSSR count). The van der Waals surface area contributed by atoms with Crippen molar-refractivity contribution in [3.63, 3.8) is 0 Å². The summed E-state index contributed by atoms with van der Waals surface area (Å²) in [4.78, 5) is 13.8. The fourth-order valence-corrected chi connectivity index (χ4v) is 3.95. The second-order valence-electron chi connectivity index (χ2n) is 5.56. The molecule has 0 spiro atoms. The summed E-state index contributed by atoms with van der Waals surface area (Å²) in [7, 11) is 0.